The van der Waals surface area contributed by atoms with Crippen molar-refractivity contribution >= 4 is 23.1 Å². The topological polar surface area (TPSA) is 93.0 Å². The van der Waals surface area contributed by atoms with Crippen LogP contribution in [0.4, 0.5) is 23.1 Å². The highest BCUT2D eigenvalue weighted by molar-refractivity contribution is 5.68. The summed E-state index contributed by atoms with van der Waals surface area (Å²) in [6.07, 6.45) is 0. The van der Waals surface area contributed by atoms with Crippen molar-refractivity contribution in [1.82, 2.24) is 9.97 Å². The molecule has 3 rings (SSSR count). The SMILES string of the molecule is Cc1nc(NCc2ccccc2)nc(Nc2ccccc2)c1[N+](=O)[O-]. The lowest BCUT2D eigenvalue weighted by molar-refractivity contribution is -0.385. The smallest absolute Gasteiger partial charge is 0.332 e. The van der Waals surface area contributed by atoms with Crippen molar-refractivity contribution in [3.63, 3.8) is 0 Å². The maximum absolute atomic E-state index is 11.4. The summed E-state index contributed by atoms with van der Waals surface area (Å²) >= 11 is 0. The molecule has 3 aromatic rings. The highest BCUT2D eigenvalue weighted by Gasteiger charge is 2.22. The van der Waals surface area contributed by atoms with E-state index in [4.69, 9.17) is 0 Å². The van der Waals surface area contributed by atoms with Gasteiger partial charge in [0, 0.05) is 12.2 Å². The fourth-order valence-corrected chi connectivity index (χ4v) is 2.39. The van der Waals surface area contributed by atoms with Gasteiger partial charge in [0.15, 0.2) is 0 Å². The summed E-state index contributed by atoms with van der Waals surface area (Å²) in [6.45, 7) is 2.13. The molecule has 0 fully saturated rings. The Balaban J connectivity index is 1.88. The largest absolute Gasteiger partial charge is 0.350 e. The Bertz CT molecular complexity index is 869. The normalized spacial score (nSPS) is 10.3. The minimum atomic E-state index is -0.471. The first-order chi connectivity index (χ1) is 12.1. The fraction of sp³-hybridized carbons (Fsp3) is 0.111. The van der Waals surface area contributed by atoms with Crippen LogP contribution in [0.5, 0.6) is 0 Å². The second-order valence-corrected chi connectivity index (χ2v) is 5.42. The third-order valence-electron chi connectivity index (χ3n) is 3.57. The van der Waals surface area contributed by atoms with Gasteiger partial charge in [0.25, 0.3) is 0 Å². The van der Waals surface area contributed by atoms with Gasteiger partial charge in [-0.15, -0.1) is 0 Å². The molecule has 1 aromatic heterocycles. The average molecular weight is 335 g/mol. The minimum Gasteiger partial charge on any atom is -0.350 e. The highest BCUT2D eigenvalue weighted by Crippen LogP contribution is 2.29. The molecule has 0 saturated heterocycles. The number of hydrogen-bond donors (Lipinski definition) is 2. The molecule has 0 unspecified atom stereocenters. The zero-order valence-corrected chi connectivity index (χ0v) is 13.6. The van der Waals surface area contributed by atoms with Gasteiger partial charge in [-0.05, 0) is 24.6 Å². The van der Waals surface area contributed by atoms with Crippen molar-refractivity contribution in [3.8, 4) is 0 Å². The summed E-state index contributed by atoms with van der Waals surface area (Å²) in [5, 5.41) is 17.5. The monoisotopic (exact) mass is 335 g/mol. The van der Waals surface area contributed by atoms with Crippen molar-refractivity contribution < 1.29 is 4.92 Å². The van der Waals surface area contributed by atoms with Crippen molar-refractivity contribution in [1.29, 1.82) is 0 Å². The predicted octanol–water partition coefficient (Wildman–Crippen LogP) is 4.05. The number of nitrogens with zero attached hydrogens (tertiary/aromatic N) is 3. The van der Waals surface area contributed by atoms with E-state index < -0.39 is 4.92 Å². The van der Waals surface area contributed by atoms with E-state index in [0.717, 1.165) is 11.3 Å². The van der Waals surface area contributed by atoms with Crippen LogP contribution in [0.25, 0.3) is 0 Å². The van der Waals surface area contributed by atoms with E-state index in [2.05, 4.69) is 20.6 Å². The number of para-hydroxylation sites is 1. The summed E-state index contributed by atoms with van der Waals surface area (Å²) in [5.41, 5.74) is 1.96. The first kappa shape index (κ1) is 16.4. The van der Waals surface area contributed by atoms with Gasteiger partial charge in [-0.2, -0.15) is 4.98 Å². The number of nitrogens with one attached hydrogen (secondary N) is 2. The van der Waals surface area contributed by atoms with Gasteiger partial charge in [0.1, 0.15) is 5.69 Å². The summed E-state index contributed by atoms with van der Waals surface area (Å²) in [7, 11) is 0. The molecule has 0 spiro atoms. The van der Waals surface area contributed by atoms with Crippen LogP contribution in [0.1, 0.15) is 11.3 Å². The molecule has 0 bridgehead atoms. The molecule has 0 aliphatic heterocycles. The number of rotatable bonds is 6. The summed E-state index contributed by atoms with van der Waals surface area (Å²) in [4.78, 5) is 19.4. The Morgan fingerprint density at radius 2 is 1.64 bits per heavy atom. The molecule has 2 aromatic carbocycles. The molecule has 0 atom stereocenters. The summed E-state index contributed by atoms with van der Waals surface area (Å²) in [5.74, 6) is 0.504. The summed E-state index contributed by atoms with van der Waals surface area (Å²) in [6, 6.07) is 19.0. The van der Waals surface area contributed by atoms with Gasteiger partial charge >= 0.3 is 5.69 Å². The van der Waals surface area contributed by atoms with Crippen molar-refractivity contribution in [2.45, 2.75) is 13.5 Å². The van der Waals surface area contributed by atoms with Crippen LogP contribution in [-0.2, 0) is 6.54 Å². The van der Waals surface area contributed by atoms with Gasteiger partial charge in [-0.1, -0.05) is 48.5 Å². The van der Waals surface area contributed by atoms with E-state index in [1.165, 1.54) is 0 Å². The molecular formula is C18H17N5O2. The van der Waals surface area contributed by atoms with Crippen LogP contribution in [0, 0.1) is 17.0 Å². The minimum absolute atomic E-state index is 0.130. The predicted molar refractivity (Wildman–Crippen MR) is 96.9 cm³/mol. The maximum atomic E-state index is 11.4. The molecule has 0 saturated carbocycles. The number of hydrogen-bond acceptors (Lipinski definition) is 6. The molecule has 126 valence electrons. The third-order valence-corrected chi connectivity index (χ3v) is 3.57. The number of nitro groups is 1. The standard InChI is InChI=1S/C18H17N5O2/c1-13-16(23(24)25)17(21-15-10-6-3-7-11-15)22-18(20-13)19-12-14-8-4-2-5-9-14/h2-11H,12H2,1H3,(H2,19,20,21,22). The lowest BCUT2D eigenvalue weighted by Crippen LogP contribution is -2.09. The van der Waals surface area contributed by atoms with Gasteiger partial charge in [0.05, 0.1) is 4.92 Å². The van der Waals surface area contributed by atoms with Gasteiger partial charge in [-0.3, -0.25) is 10.1 Å². The molecule has 2 N–H and O–H groups in total. The maximum Gasteiger partial charge on any atom is 0.332 e. The Morgan fingerprint density at radius 3 is 2.28 bits per heavy atom. The molecule has 0 aliphatic rings. The Labute approximate surface area is 144 Å². The number of anilines is 3. The molecular weight excluding hydrogens is 318 g/mol. The van der Waals surface area contributed by atoms with Gasteiger partial charge < -0.3 is 10.6 Å². The number of aromatic nitrogens is 2. The van der Waals surface area contributed by atoms with E-state index in [1.807, 2.05) is 60.7 Å². The van der Waals surface area contributed by atoms with Crippen molar-refractivity contribution in [3.05, 3.63) is 82.0 Å². The summed E-state index contributed by atoms with van der Waals surface area (Å²) < 4.78 is 0. The Morgan fingerprint density at radius 1 is 1.00 bits per heavy atom. The zero-order valence-electron chi connectivity index (χ0n) is 13.6. The second kappa shape index (κ2) is 7.39. The van der Waals surface area contributed by atoms with Crippen LogP contribution in [-0.4, -0.2) is 14.9 Å². The number of benzene rings is 2. The van der Waals surface area contributed by atoms with Crippen LogP contribution in [0.2, 0.25) is 0 Å². The van der Waals surface area contributed by atoms with Gasteiger partial charge in [-0.25, -0.2) is 4.98 Å². The third kappa shape index (κ3) is 4.08. The van der Waals surface area contributed by atoms with Crippen LogP contribution in [0.15, 0.2) is 60.7 Å². The second-order valence-electron chi connectivity index (χ2n) is 5.42. The van der Waals surface area contributed by atoms with Crippen molar-refractivity contribution in [2.24, 2.45) is 0 Å². The number of aryl methyl sites for hydroxylation is 1. The van der Waals surface area contributed by atoms with Crippen LogP contribution >= 0.6 is 0 Å². The quantitative estimate of drug-likeness (QED) is 0.521. The van der Waals surface area contributed by atoms with E-state index in [9.17, 15) is 10.1 Å². The van der Waals surface area contributed by atoms with Crippen LogP contribution in [0.3, 0.4) is 0 Å². The van der Waals surface area contributed by atoms with E-state index in [0.29, 0.717) is 18.2 Å². The first-order valence-corrected chi connectivity index (χ1v) is 7.76. The lowest BCUT2D eigenvalue weighted by atomic mass is 10.2. The zero-order chi connectivity index (χ0) is 17.6. The highest BCUT2D eigenvalue weighted by atomic mass is 16.6. The van der Waals surface area contributed by atoms with Crippen LogP contribution < -0.4 is 10.6 Å². The Kier molecular flexibility index (Phi) is 4.84. The molecule has 0 aliphatic carbocycles. The molecule has 7 heteroatoms. The molecule has 25 heavy (non-hydrogen) atoms. The molecule has 0 radical (unpaired) electrons. The Hall–Kier alpha value is -3.48. The fourth-order valence-electron chi connectivity index (χ4n) is 2.39. The van der Waals surface area contributed by atoms with Crippen molar-refractivity contribution in [2.75, 3.05) is 10.6 Å². The molecule has 0 amide bonds. The van der Waals surface area contributed by atoms with E-state index >= 15 is 0 Å². The lowest BCUT2D eigenvalue weighted by Gasteiger charge is -2.11. The van der Waals surface area contributed by atoms with E-state index in [-0.39, 0.29) is 11.5 Å². The first-order valence-electron chi connectivity index (χ1n) is 7.76. The molecule has 1 heterocycles. The van der Waals surface area contributed by atoms with E-state index in [1.54, 1.807) is 6.92 Å². The average Bonchev–Trinajstić information content (AvgIpc) is 2.61. The molecule has 7 nitrogen and oxygen atoms in total. The van der Waals surface area contributed by atoms with Gasteiger partial charge in [0.2, 0.25) is 11.8 Å².